The van der Waals surface area contributed by atoms with E-state index in [2.05, 4.69) is 27.1 Å². The van der Waals surface area contributed by atoms with Gasteiger partial charge in [0, 0.05) is 28.8 Å². The zero-order chi connectivity index (χ0) is 17.8. The van der Waals surface area contributed by atoms with Crippen molar-refractivity contribution in [3.63, 3.8) is 0 Å². The minimum atomic E-state index is -0.208. The Kier molecular flexibility index (Phi) is 5.70. The van der Waals surface area contributed by atoms with Crippen molar-refractivity contribution in [1.82, 2.24) is 9.55 Å². The minimum Gasteiger partial charge on any atom is -0.348 e. The quantitative estimate of drug-likeness (QED) is 0.575. The molecule has 0 bridgehead atoms. The van der Waals surface area contributed by atoms with E-state index in [9.17, 15) is 0 Å². The summed E-state index contributed by atoms with van der Waals surface area (Å²) in [7, 11) is 0. The van der Waals surface area contributed by atoms with Gasteiger partial charge in [0.05, 0.1) is 12.4 Å². The van der Waals surface area contributed by atoms with Crippen LogP contribution in [0.5, 0.6) is 0 Å². The summed E-state index contributed by atoms with van der Waals surface area (Å²) < 4.78 is 14.7. The van der Waals surface area contributed by atoms with E-state index in [-0.39, 0.29) is 18.5 Å². The molecule has 1 aromatic carbocycles. The number of nitrogens with zero attached hydrogens (tertiary/aromatic N) is 2. The van der Waals surface area contributed by atoms with Gasteiger partial charge in [-0.15, -0.1) is 11.3 Å². The monoisotopic (exact) mass is 388 g/mol. The zero-order valence-corrected chi connectivity index (χ0v) is 15.9. The summed E-state index contributed by atoms with van der Waals surface area (Å²) in [5, 5.41) is 2.80. The van der Waals surface area contributed by atoms with E-state index in [0.717, 1.165) is 36.4 Å². The smallest absolute Gasteiger partial charge is 0.159 e. The van der Waals surface area contributed by atoms with Crippen LogP contribution in [0.1, 0.15) is 35.8 Å². The van der Waals surface area contributed by atoms with Crippen molar-refractivity contribution in [2.75, 3.05) is 0 Å². The highest BCUT2D eigenvalue weighted by atomic mass is 35.5. The average Bonchev–Trinajstić information content (AvgIpc) is 3.35. The van der Waals surface area contributed by atoms with E-state index >= 15 is 0 Å². The Morgan fingerprint density at radius 1 is 1.27 bits per heavy atom. The van der Waals surface area contributed by atoms with Crippen molar-refractivity contribution < 1.29 is 9.47 Å². The minimum absolute atomic E-state index is 0.135. The molecule has 3 heterocycles. The van der Waals surface area contributed by atoms with Gasteiger partial charge in [-0.2, -0.15) is 0 Å². The summed E-state index contributed by atoms with van der Waals surface area (Å²) in [6.07, 6.45) is 8.46. The lowest BCUT2D eigenvalue weighted by molar-refractivity contribution is -0.211. The molecule has 1 saturated heterocycles. The fraction of sp³-hybridized carbons (Fsp3) is 0.350. The molecular formula is C20H21ClN2O2S. The first-order chi connectivity index (χ1) is 12.8. The van der Waals surface area contributed by atoms with E-state index < -0.39 is 0 Å². The molecule has 26 heavy (non-hydrogen) atoms. The fourth-order valence-corrected chi connectivity index (χ4v) is 4.18. The number of aromatic nitrogens is 2. The Morgan fingerprint density at radius 2 is 2.15 bits per heavy atom. The second-order valence-electron chi connectivity index (χ2n) is 6.46. The number of imidazole rings is 1. The molecule has 1 aliphatic rings. The maximum Gasteiger partial charge on any atom is 0.159 e. The van der Waals surface area contributed by atoms with Crippen LogP contribution in [0.25, 0.3) is 0 Å². The van der Waals surface area contributed by atoms with Crippen molar-refractivity contribution in [3.8, 4) is 0 Å². The Balaban J connectivity index is 1.47. The average molecular weight is 389 g/mol. The van der Waals surface area contributed by atoms with Crippen molar-refractivity contribution in [2.45, 2.75) is 44.3 Å². The highest BCUT2D eigenvalue weighted by molar-refractivity contribution is 7.10. The molecular weight excluding hydrogens is 368 g/mol. The summed E-state index contributed by atoms with van der Waals surface area (Å²) in [6.45, 7) is 0.810. The highest BCUT2D eigenvalue weighted by Crippen LogP contribution is 2.34. The van der Waals surface area contributed by atoms with Crippen LogP contribution in [0.3, 0.4) is 0 Å². The molecule has 3 atom stereocenters. The molecule has 3 unspecified atom stereocenters. The predicted molar refractivity (Wildman–Crippen MR) is 103 cm³/mol. The Bertz CT molecular complexity index is 790. The van der Waals surface area contributed by atoms with Gasteiger partial charge >= 0.3 is 0 Å². The van der Waals surface area contributed by atoms with E-state index in [4.69, 9.17) is 21.1 Å². The van der Waals surface area contributed by atoms with Crippen LogP contribution in [0.15, 0.2) is 60.5 Å². The topological polar surface area (TPSA) is 36.3 Å². The van der Waals surface area contributed by atoms with E-state index in [1.54, 1.807) is 17.5 Å². The summed E-state index contributed by atoms with van der Waals surface area (Å²) in [6, 6.07) is 12.0. The predicted octanol–water partition coefficient (Wildman–Crippen LogP) is 5.30. The van der Waals surface area contributed by atoms with Crippen molar-refractivity contribution in [1.29, 1.82) is 0 Å². The Hall–Kier alpha value is -1.66. The van der Waals surface area contributed by atoms with Gasteiger partial charge in [0.25, 0.3) is 0 Å². The highest BCUT2D eigenvalue weighted by Gasteiger charge is 2.27. The van der Waals surface area contributed by atoms with Crippen LogP contribution in [0.2, 0.25) is 5.02 Å². The lowest BCUT2D eigenvalue weighted by atomic mass is 10.1. The molecule has 1 fully saturated rings. The molecule has 0 N–H and O–H groups in total. The van der Waals surface area contributed by atoms with Gasteiger partial charge in [-0.25, -0.2) is 4.98 Å². The lowest BCUT2D eigenvalue weighted by Crippen LogP contribution is -2.33. The van der Waals surface area contributed by atoms with E-state index in [1.165, 1.54) is 4.88 Å². The first-order valence-electron chi connectivity index (χ1n) is 8.83. The third-order valence-corrected chi connectivity index (χ3v) is 5.71. The van der Waals surface area contributed by atoms with Crippen LogP contribution in [0.4, 0.5) is 0 Å². The second-order valence-corrected chi connectivity index (χ2v) is 7.88. The van der Waals surface area contributed by atoms with E-state index in [0.29, 0.717) is 0 Å². The number of thiophene rings is 1. The largest absolute Gasteiger partial charge is 0.348 e. The molecule has 0 radical (unpaired) electrons. The van der Waals surface area contributed by atoms with Crippen LogP contribution >= 0.6 is 22.9 Å². The molecule has 136 valence electrons. The van der Waals surface area contributed by atoms with Crippen LogP contribution < -0.4 is 0 Å². The molecule has 0 saturated carbocycles. The Morgan fingerprint density at radius 3 is 2.88 bits per heavy atom. The number of hydrogen-bond acceptors (Lipinski definition) is 4. The summed E-state index contributed by atoms with van der Waals surface area (Å²) in [5.41, 5.74) is 1.09. The van der Waals surface area contributed by atoms with Crippen LogP contribution in [-0.4, -0.2) is 21.9 Å². The van der Waals surface area contributed by atoms with Gasteiger partial charge in [0.15, 0.2) is 6.29 Å². The molecule has 0 spiro atoms. The maximum absolute atomic E-state index is 6.43. The van der Waals surface area contributed by atoms with E-state index in [1.807, 2.05) is 36.8 Å². The number of rotatable bonds is 6. The number of hydrogen-bond donors (Lipinski definition) is 0. The number of benzene rings is 1. The number of ether oxygens (including phenoxy) is 2. The summed E-state index contributed by atoms with van der Waals surface area (Å²) in [4.78, 5) is 5.28. The first-order valence-corrected chi connectivity index (χ1v) is 10.1. The van der Waals surface area contributed by atoms with Crippen LogP contribution in [0, 0.1) is 0 Å². The molecule has 0 aliphatic carbocycles. The molecule has 3 aromatic rings. The van der Waals surface area contributed by atoms with Crippen LogP contribution in [-0.2, 0) is 16.0 Å². The second kappa shape index (κ2) is 8.35. The first kappa shape index (κ1) is 17.7. The van der Waals surface area contributed by atoms with Gasteiger partial charge in [-0.05, 0) is 48.4 Å². The third-order valence-electron chi connectivity index (χ3n) is 4.55. The zero-order valence-electron chi connectivity index (χ0n) is 14.3. The van der Waals surface area contributed by atoms with Gasteiger partial charge < -0.3 is 14.0 Å². The Labute approximate surface area is 162 Å². The summed E-state index contributed by atoms with van der Waals surface area (Å²) >= 11 is 7.75. The van der Waals surface area contributed by atoms with Gasteiger partial charge in [-0.3, -0.25) is 0 Å². The maximum atomic E-state index is 6.43. The standard InChI is InChI=1S/C20H21ClN2O2S/c21-16-8-6-15(7-9-16)20(18-4-2-12-26-18)25-19-5-1-3-17(24-19)13-23-11-10-22-14-23/h2,4,6-12,14,17,19-20H,1,3,5,13H2. The molecule has 4 nitrogen and oxygen atoms in total. The summed E-state index contributed by atoms with van der Waals surface area (Å²) in [5.74, 6) is 0. The third kappa shape index (κ3) is 4.35. The molecule has 0 amide bonds. The van der Waals surface area contributed by atoms with Crippen molar-refractivity contribution >= 4 is 22.9 Å². The molecule has 2 aromatic heterocycles. The number of halogens is 1. The van der Waals surface area contributed by atoms with Crippen molar-refractivity contribution in [2.24, 2.45) is 0 Å². The molecule has 1 aliphatic heterocycles. The van der Waals surface area contributed by atoms with Gasteiger partial charge in [0.1, 0.15) is 6.10 Å². The lowest BCUT2D eigenvalue weighted by Gasteiger charge is -2.32. The molecule has 4 rings (SSSR count). The van der Waals surface area contributed by atoms with Crippen molar-refractivity contribution in [3.05, 3.63) is 76.0 Å². The van der Waals surface area contributed by atoms with Gasteiger partial charge in [0.2, 0.25) is 0 Å². The van der Waals surface area contributed by atoms with Gasteiger partial charge in [-0.1, -0.05) is 29.8 Å². The SMILES string of the molecule is Clc1ccc(C(OC2CCCC(Cn3ccnc3)O2)c2cccs2)cc1. The normalized spacial score (nSPS) is 21.6. The molecule has 6 heteroatoms. The fourth-order valence-electron chi connectivity index (χ4n) is 3.27.